The Morgan fingerprint density at radius 1 is 1.05 bits per heavy atom. The van der Waals surface area contributed by atoms with Crippen molar-refractivity contribution in [2.24, 2.45) is 17.3 Å². The van der Waals surface area contributed by atoms with Crippen LogP contribution in [0.4, 0.5) is 0 Å². The summed E-state index contributed by atoms with van der Waals surface area (Å²) in [5.74, 6) is 0.257. The van der Waals surface area contributed by atoms with Crippen molar-refractivity contribution in [2.75, 3.05) is 0 Å². The van der Waals surface area contributed by atoms with Crippen molar-refractivity contribution in [1.82, 2.24) is 0 Å². The van der Waals surface area contributed by atoms with Gasteiger partial charge in [-0.25, -0.2) is 0 Å². The molecule has 0 heterocycles. The smallest absolute Gasteiger partial charge is 0.313 e. The number of allylic oxidation sites excluding steroid dienone is 1. The normalized spacial score (nSPS) is 19.0. The first-order valence-electron chi connectivity index (χ1n) is 8.42. The van der Waals surface area contributed by atoms with Gasteiger partial charge in [0.05, 0.1) is 5.92 Å². The minimum absolute atomic E-state index is 0.0701. The first-order chi connectivity index (χ1) is 9.54. The summed E-state index contributed by atoms with van der Waals surface area (Å²) in [5.41, 5.74) is 0.704. The number of ether oxygens (including phenoxy) is 1. The van der Waals surface area contributed by atoms with Crippen molar-refractivity contribution in [3.63, 3.8) is 0 Å². The highest BCUT2D eigenvalue weighted by Gasteiger charge is 2.38. The first-order valence-corrected chi connectivity index (χ1v) is 8.42. The Morgan fingerprint density at radius 2 is 1.57 bits per heavy atom. The van der Waals surface area contributed by atoms with Gasteiger partial charge in [0.25, 0.3) is 0 Å². The van der Waals surface area contributed by atoms with Crippen LogP contribution in [0.15, 0.2) is 11.6 Å². The lowest BCUT2D eigenvalue weighted by Crippen LogP contribution is -2.41. The number of rotatable bonds is 4. The van der Waals surface area contributed by atoms with Crippen molar-refractivity contribution in [3.05, 3.63) is 11.6 Å². The van der Waals surface area contributed by atoms with Gasteiger partial charge in [-0.1, -0.05) is 51.7 Å². The van der Waals surface area contributed by atoms with Gasteiger partial charge in [0.2, 0.25) is 0 Å². The van der Waals surface area contributed by atoms with Crippen molar-refractivity contribution < 1.29 is 9.53 Å². The summed E-state index contributed by atoms with van der Waals surface area (Å²) in [6.45, 7) is 14.6. The van der Waals surface area contributed by atoms with E-state index < -0.39 is 0 Å². The number of esters is 1. The maximum absolute atomic E-state index is 12.7. The van der Waals surface area contributed by atoms with Gasteiger partial charge >= 0.3 is 5.97 Å². The third-order valence-corrected chi connectivity index (χ3v) is 4.64. The van der Waals surface area contributed by atoms with Gasteiger partial charge < -0.3 is 4.74 Å². The topological polar surface area (TPSA) is 26.3 Å². The molecule has 2 nitrogen and oxygen atoms in total. The van der Waals surface area contributed by atoms with E-state index in [0.717, 1.165) is 0 Å². The van der Waals surface area contributed by atoms with Gasteiger partial charge in [-0.3, -0.25) is 4.79 Å². The van der Waals surface area contributed by atoms with Crippen LogP contribution in [0, 0.1) is 17.3 Å². The molecule has 0 N–H and O–H groups in total. The second-order valence-electron chi connectivity index (χ2n) is 8.45. The van der Waals surface area contributed by atoms with Crippen LogP contribution in [-0.2, 0) is 9.53 Å². The first kappa shape index (κ1) is 18.3. The van der Waals surface area contributed by atoms with Crippen LogP contribution in [-0.4, -0.2) is 11.6 Å². The highest BCUT2D eigenvalue weighted by molar-refractivity contribution is 5.76. The zero-order valence-corrected chi connectivity index (χ0v) is 15.1. The van der Waals surface area contributed by atoms with Crippen LogP contribution in [0.2, 0.25) is 0 Å². The summed E-state index contributed by atoms with van der Waals surface area (Å²) in [6.07, 6.45) is 8.28. The van der Waals surface area contributed by atoms with Crippen molar-refractivity contribution in [3.8, 4) is 0 Å². The average Bonchev–Trinajstić information content (AvgIpc) is 2.35. The Bertz CT molecular complexity index is 375. The third kappa shape index (κ3) is 5.48. The molecule has 0 radical (unpaired) electrons. The van der Waals surface area contributed by atoms with Crippen molar-refractivity contribution in [2.45, 2.75) is 86.2 Å². The second-order valence-corrected chi connectivity index (χ2v) is 8.45. The molecule has 122 valence electrons. The zero-order chi connectivity index (χ0) is 16.3. The fourth-order valence-electron chi connectivity index (χ4n) is 3.21. The predicted molar refractivity (Wildman–Crippen MR) is 89.1 cm³/mol. The van der Waals surface area contributed by atoms with Crippen LogP contribution in [0.3, 0.4) is 0 Å². The maximum Gasteiger partial charge on any atom is 0.313 e. The second kappa shape index (κ2) is 6.98. The van der Waals surface area contributed by atoms with Gasteiger partial charge in [-0.05, 0) is 51.9 Å². The van der Waals surface area contributed by atoms with Gasteiger partial charge in [0.1, 0.15) is 5.60 Å². The maximum atomic E-state index is 12.7. The molecule has 0 aromatic heterocycles. The van der Waals surface area contributed by atoms with Gasteiger partial charge in [-0.15, -0.1) is 0 Å². The Hall–Kier alpha value is -0.790. The summed E-state index contributed by atoms with van der Waals surface area (Å²) in [5, 5.41) is 0. The lowest BCUT2D eigenvalue weighted by Gasteiger charge is -2.38. The highest BCUT2D eigenvalue weighted by Crippen LogP contribution is 2.37. The quantitative estimate of drug-likeness (QED) is 0.504. The van der Waals surface area contributed by atoms with Gasteiger partial charge in [-0.2, -0.15) is 0 Å². The summed E-state index contributed by atoms with van der Waals surface area (Å²) in [7, 11) is 0. The monoisotopic (exact) mass is 294 g/mol. The van der Waals surface area contributed by atoms with Crippen LogP contribution in [0.1, 0.15) is 80.6 Å². The fourth-order valence-corrected chi connectivity index (χ4v) is 3.21. The van der Waals surface area contributed by atoms with Crippen LogP contribution < -0.4 is 0 Å². The molecular weight excluding hydrogens is 260 g/mol. The van der Waals surface area contributed by atoms with Crippen molar-refractivity contribution >= 4 is 5.97 Å². The minimum atomic E-state index is -0.351. The number of hydrogen-bond donors (Lipinski definition) is 0. The van der Waals surface area contributed by atoms with E-state index >= 15 is 0 Å². The molecule has 1 aliphatic rings. The van der Waals surface area contributed by atoms with E-state index in [4.69, 9.17) is 4.74 Å². The van der Waals surface area contributed by atoms with E-state index in [-0.39, 0.29) is 22.9 Å². The summed E-state index contributed by atoms with van der Waals surface area (Å²) in [6, 6.07) is 0. The SMILES string of the molecule is CC(C)=CC(C(=O)OC(C)(C)C1CCCCC1)C(C)(C)C. The summed E-state index contributed by atoms with van der Waals surface area (Å²) >= 11 is 0. The molecule has 0 aliphatic heterocycles. The highest BCUT2D eigenvalue weighted by atomic mass is 16.6. The lowest BCUT2D eigenvalue weighted by atomic mass is 9.77. The Kier molecular flexibility index (Phi) is 6.07. The summed E-state index contributed by atoms with van der Waals surface area (Å²) in [4.78, 5) is 12.7. The average molecular weight is 294 g/mol. The summed E-state index contributed by atoms with van der Waals surface area (Å²) < 4.78 is 5.98. The van der Waals surface area contributed by atoms with Crippen LogP contribution in [0.5, 0.6) is 0 Å². The minimum Gasteiger partial charge on any atom is -0.459 e. The molecule has 1 fully saturated rings. The molecular formula is C19H34O2. The third-order valence-electron chi connectivity index (χ3n) is 4.64. The molecule has 0 aromatic carbocycles. The fraction of sp³-hybridized carbons (Fsp3) is 0.842. The molecule has 0 spiro atoms. The largest absolute Gasteiger partial charge is 0.459 e. The van der Waals surface area contributed by atoms with E-state index in [1.54, 1.807) is 0 Å². The number of carbonyl (C=O) groups is 1. The molecule has 2 heteroatoms. The molecule has 0 aromatic rings. The molecule has 1 aliphatic carbocycles. The molecule has 0 saturated heterocycles. The Balaban J connectivity index is 2.82. The van der Waals surface area contributed by atoms with E-state index in [1.807, 2.05) is 13.8 Å². The standard InChI is InChI=1S/C19H34O2/c1-14(2)13-16(18(3,4)5)17(20)21-19(6,7)15-11-9-8-10-12-15/h13,15-16H,8-12H2,1-7H3. The predicted octanol–water partition coefficient (Wildman–Crippen LogP) is 5.52. The zero-order valence-electron chi connectivity index (χ0n) is 15.1. The Morgan fingerprint density at radius 3 is 2.00 bits per heavy atom. The molecule has 21 heavy (non-hydrogen) atoms. The van der Waals surface area contributed by atoms with E-state index in [9.17, 15) is 4.79 Å². The van der Waals surface area contributed by atoms with Crippen molar-refractivity contribution in [1.29, 1.82) is 0 Å². The van der Waals surface area contributed by atoms with Crippen LogP contribution >= 0.6 is 0 Å². The molecule has 0 amide bonds. The molecule has 1 atom stereocenters. The van der Waals surface area contributed by atoms with E-state index in [2.05, 4.69) is 40.7 Å². The Labute approximate surface area is 131 Å². The number of hydrogen-bond acceptors (Lipinski definition) is 2. The number of carbonyl (C=O) groups excluding carboxylic acids is 1. The molecule has 1 saturated carbocycles. The molecule has 0 bridgehead atoms. The van der Waals surface area contributed by atoms with E-state index in [1.165, 1.54) is 37.7 Å². The van der Waals surface area contributed by atoms with Gasteiger partial charge in [0.15, 0.2) is 0 Å². The lowest BCUT2D eigenvalue weighted by molar-refractivity contribution is -0.169. The van der Waals surface area contributed by atoms with E-state index in [0.29, 0.717) is 5.92 Å². The van der Waals surface area contributed by atoms with Crippen LogP contribution in [0.25, 0.3) is 0 Å². The van der Waals surface area contributed by atoms with Gasteiger partial charge in [0, 0.05) is 0 Å². The molecule has 1 unspecified atom stereocenters. The molecule has 1 rings (SSSR count).